The number of carbonyl (C=O) groups excluding carboxylic acids is 2. The van der Waals surface area contributed by atoms with Crippen molar-refractivity contribution in [1.82, 2.24) is 20.2 Å². The lowest BCUT2D eigenvalue weighted by atomic mass is 9.90. The van der Waals surface area contributed by atoms with E-state index >= 15 is 0 Å². The average molecular weight is 743 g/mol. The van der Waals surface area contributed by atoms with E-state index in [0.717, 1.165) is 78.0 Å². The van der Waals surface area contributed by atoms with Crippen LogP contribution in [0.3, 0.4) is 0 Å². The largest absolute Gasteiger partial charge is 0.396 e. The van der Waals surface area contributed by atoms with Crippen molar-refractivity contribution >= 4 is 29.2 Å². The van der Waals surface area contributed by atoms with Crippen molar-refractivity contribution in [3.63, 3.8) is 0 Å². The zero-order valence-electron chi connectivity index (χ0n) is 32.7. The highest BCUT2D eigenvalue weighted by Gasteiger charge is 2.28. The van der Waals surface area contributed by atoms with E-state index in [4.69, 9.17) is 26.9 Å². The molecule has 6 N–H and O–H groups in total. The number of amides is 2. The number of aryl methyl sites for hydroxylation is 1. The molecule has 2 aliphatic rings. The average Bonchev–Trinajstić information content (AvgIpc) is 3.17. The van der Waals surface area contributed by atoms with Crippen LogP contribution in [-0.2, 0) is 20.8 Å². The predicted molar refractivity (Wildman–Crippen MR) is 218 cm³/mol. The van der Waals surface area contributed by atoms with Gasteiger partial charge in [-0.25, -0.2) is 4.98 Å². The lowest BCUT2D eigenvalue weighted by Crippen LogP contribution is -2.39. The van der Waals surface area contributed by atoms with Gasteiger partial charge in [-0.3, -0.25) is 30.3 Å². The van der Waals surface area contributed by atoms with Crippen LogP contribution in [0.5, 0.6) is 0 Å². The monoisotopic (exact) mass is 742 g/mol. The number of benzene rings is 2. The molecule has 11 heteroatoms. The van der Waals surface area contributed by atoms with Crippen molar-refractivity contribution in [2.75, 3.05) is 31.9 Å². The maximum atomic E-state index is 12.2. The highest BCUT2D eigenvalue weighted by atomic mass is 16.6. The molecule has 2 fully saturated rings. The van der Waals surface area contributed by atoms with E-state index in [0.29, 0.717) is 48.3 Å². The standard InChI is InChI=1S/C44H54N8O3/c1-27-22-32(10-12-35(27)28(2)24-50-43(55-47)44(3,4)5)40(45)37-23-34(26-49-41(37)46)33-11-14-38(48-25-33)31-17-20-52(21-18-31)19-16-29-6-8-30(9-7-29)36-13-15-39(53)51-42(36)54/h6-12,14,22-23,25-26,28,31,36,45H,13,15-21,24,47H2,1-5H3,(H2,46,49)(H,51,53,54)/b45-40?,50-43-/t28-,36-/m0/s1. The summed E-state index contributed by atoms with van der Waals surface area (Å²) in [5, 5.41) is 11.5. The van der Waals surface area contributed by atoms with Crippen LogP contribution in [0.15, 0.2) is 78.0 Å². The third-order valence-electron chi connectivity index (χ3n) is 11.0. The number of carbonyl (C=O) groups is 2. The summed E-state index contributed by atoms with van der Waals surface area (Å²) in [6.45, 7) is 13.8. The summed E-state index contributed by atoms with van der Waals surface area (Å²) in [5.74, 6) is 6.23. The number of rotatable bonds is 11. The number of anilines is 1. The summed E-state index contributed by atoms with van der Waals surface area (Å²) < 4.78 is 0. The minimum Gasteiger partial charge on any atom is -0.396 e. The molecule has 2 saturated heterocycles. The molecule has 4 heterocycles. The van der Waals surface area contributed by atoms with Crippen molar-refractivity contribution in [3.05, 3.63) is 112 Å². The van der Waals surface area contributed by atoms with Crippen LogP contribution in [0.1, 0.15) is 110 Å². The quantitative estimate of drug-likeness (QED) is 0.0560. The highest BCUT2D eigenvalue weighted by molar-refractivity contribution is 6.14. The Morgan fingerprint density at radius 1 is 1.00 bits per heavy atom. The number of nitrogens with two attached hydrogens (primary N) is 2. The summed E-state index contributed by atoms with van der Waals surface area (Å²) in [6, 6.07) is 20.5. The lowest BCUT2D eigenvalue weighted by Gasteiger charge is -2.31. The normalized spacial score (nSPS) is 17.9. The first-order chi connectivity index (χ1) is 26.3. The molecule has 0 bridgehead atoms. The molecule has 0 radical (unpaired) electrons. The first-order valence-corrected chi connectivity index (χ1v) is 19.3. The van der Waals surface area contributed by atoms with Gasteiger partial charge in [-0.15, -0.1) is 0 Å². The number of aromatic nitrogens is 2. The summed E-state index contributed by atoms with van der Waals surface area (Å²) in [7, 11) is 0. The zero-order chi connectivity index (χ0) is 39.3. The number of hydrogen-bond acceptors (Lipinski definition) is 10. The van der Waals surface area contributed by atoms with Gasteiger partial charge in [-0.05, 0) is 86.1 Å². The molecule has 4 aromatic rings. The molecular formula is C44H54N8O3. The Morgan fingerprint density at radius 2 is 1.73 bits per heavy atom. The molecule has 11 nitrogen and oxygen atoms in total. The minimum atomic E-state index is -0.275. The lowest BCUT2D eigenvalue weighted by molar-refractivity contribution is -0.134. The number of pyridine rings is 2. The molecule has 0 spiro atoms. The van der Waals surface area contributed by atoms with Gasteiger partial charge in [0.25, 0.3) is 0 Å². The van der Waals surface area contributed by atoms with E-state index in [1.165, 1.54) is 5.56 Å². The zero-order valence-corrected chi connectivity index (χ0v) is 32.7. The summed E-state index contributed by atoms with van der Waals surface area (Å²) in [5.41, 5.74) is 15.1. The summed E-state index contributed by atoms with van der Waals surface area (Å²) in [6.07, 6.45) is 7.67. The number of imide groups is 1. The van der Waals surface area contributed by atoms with E-state index < -0.39 is 0 Å². The topological polar surface area (TPSA) is 173 Å². The van der Waals surface area contributed by atoms with Gasteiger partial charge in [0.2, 0.25) is 17.7 Å². The second kappa shape index (κ2) is 17.0. The van der Waals surface area contributed by atoms with Gasteiger partial charge in [0.1, 0.15) is 5.82 Å². The first kappa shape index (κ1) is 39.4. The molecule has 2 aromatic carbocycles. The van der Waals surface area contributed by atoms with E-state index in [1.54, 1.807) is 6.20 Å². The fourth-order valence-corrected chi connectivity index (χ4v) is 7.63. The van der Waals surface area contributed by atoms with Crippen LogP contribution < -0.4 is 16.9 Å². The van der Waals surface area contributed by atoms with Crippen LogP contribution in [0.25, 0.3) is 11.1 Å². The number of aliphatic imine (C=N–C) groups is 1. The van der Waals surface area contributed by atoms with Crippen LogP contribution in [0.2, 0.25) is 0 Å². The Kier molecular flexibility index (Phi) is 12.2. The Hall–Kier alpha value is -5.26. The van der Waals surface area contributed by atoms with E-state index in [2.05, 4.69) is 64.4 Å². The Balaban J connectivity index is 1.03. The molecule has 0 saturated carbocycles. The smallest absolute Gasteiger partial charge is 0.234 e. The first-order valence-electron chi connectivity index (χ1n) is 19.3. The number of nitrogen functional groups attached to an aromatic ring is 1. The van der Waals surface area contributed by atoms with Gasteiger partial charge < -0.3 is 15.5 Å². The SMILES string of the molecule is Cc1cc(C(=N)c2cc(-c3ccc(C4CCN(CCc5ccc([C@@H]6CCC(=O)NC6=O)cc5)CC4)nc3)cnc2N)ccc1[C@@H](C)C/N=C(\ON)C(C)(C)C. The van der Waals surface area contributed by atoms with Crippen LogP contribution in [0, 0.1) is 17.7 Å². The maximum Gasteiger partial charge on any atom is 0.234 e. The van der Waals surface area contributed by atoms with Gasteiger partial charge >= 0.3 is 0 Å². The minimum absolute atomic E-state index is 0.138. The van der Waals surface area contributed by atoms with Crippen molar-refractivity contribution in [1.29, 1.82) is 5.41 Å². The van der Waals surface area contributed by atoms with E-state index in [1.807, 2.05) is 57.3 Å². The summed E-state index contributed by atoms with van der Waals surface area (Å²) >= 11 is 0. The van der Waals surface area contributed by atoms with Gasteiger partial charge in [0.15, 0.2) is 0 Å². The molecule has 6 rings (SSSR count). The molecule has 2 amide bonds. The van der Waals surface area contributed by atoms with Gasteiger partial charge in [0, 0.05) is 77.1 Å². The van der Waals surface area contributed by atoms with E-state index in [-0.39, 0.29) is 29.1 Å². The van der Waals surface area contributed by atoms with Gasteiger partial charge in [0.05, 0.1) is 11.6 Å². The second-order valence-electron chi connectivity index (χ2n) is 16.1. The number of nitrogens with zero attached hydrogens (tertiary/aromatic N) is 4. The predicted octanol–water partition coefficient (Wildman–Crippen LogP) is 6.83. The maximum absolute atomic E-state index is 12.2. The highest BCUT2D eigenvalue weighted by Crippen LogP contribution is 2.31. The second-order valence-corrected chi connectivity index (χ2v) is 16.1. The number of hydrogen-bond donors (Lipinski definition) is 4. The van der Waals surface area contributed by atoms with Crippen molar-refractivity contribution in [3.8, 4) is 11.1 Å². The third kappa shape index (κ3) is 9.52. The molecule has 55 heavy (non-hydrogen) atoms. The number of likely N-dealkylation sites (tertiary alicyclic amines) is 1. The Labute approximate surface area is 324 Å². The van der Waals surface area contributed by atoms with Crippen molar-refractivity contribution in [2.24, 2.45) is 16.3 Å². The summed E-state index contributed by atoms with van der Waals surface area (Å²) in [4.78, 5) is 45.3. The Morgan fingerprint density at radius 3 is 2.36 bits per heavy atom. The van der Waals surface area contributed by atoms with Gasteiger partial charge in [-0.2, -0.15) is 5.90 Å². The number of nitrogens with one attached hydrogen (secondary N) is 2. The fourth-order valence-electron chi connectivity index (χ4n) is 7.63. The molecule has 2 aliphatic heterocycles. The van der Waals surface area contributed by atoms with Crippen molar-refractivity contribution < 1.29 is 14.4 Å². The third-order valence-corrected chi connectivity index (χ3v) is 11.0. The van der Waals surface area contributed by atoms with Gasteiger partial charge in [-0.1, -0.05) is 70.2 Å². The van der Waals surface area contributed by atoms with Crippen LogP contribution in [-0.4, -0.2) is 64.5 Å². The Bertz CT molecular complexity index is 2050. The molecule has 0 aliphatic carbocycles. The van der Waals surface area contributed by atoms with Crippen LogP contribution in [0.4, 0.5) is 5.82 Å². The molecule has 288 valence electrons. The molecule has 2 atom stereocenters. The molecular weight excluding hydrogens is 689 g/mol. The number of piperidine rings is 2. The van der Waals surface area contributed by atoms with Crippen LogP contribution >= 0.6 is 0 Å². The fraction of sp³-hybridized carbons (Fsp3) is 0.409. The van der Waals surface area contributed by atoms with Crippen molar-refractivity contribution in [2.45, 2.75) is 84.5 Å². The molecule has 0 unspecified atom stereocenters. The van der Waals surface area contributed by atoms with E-state index in [9.17, 15) is 9.59 Å². The molecule has 2 aromatic heterocycles.